The van der Waals surface area contributed by atoms with Gasteiger partial charge in [-0.05, 0) is 43.5 Å². The van der Waals surface area contributed by atoms with Gasteiger partial charge >= 0.3 is 5.97 Å². The molecule has 6 nitrogen and oxygen atoms in total. The molecular formula is C20H21NO5S. The van der Waals surface area contributed by atoms with Crippen LogP contribution in [-0.4, -0.2) is 39.2 Å². The van der Waals surface area contributed by atoms with E-state index in [1.54, 1.807) is 11.0 Å². The molecule has 0 aliphatic carbocycles. The maximum atomic E-state index is 12.7. The van der Waals surface area contributed by atoms with Crippen LogP contribution in [0.15, 0.2) is 53.4 Å². The van der Waals surface area contributed by atoms with Crippen molar-refractivity contribution in [2.75, 3.05) is 17.8 Å². The Morgan fingerprint density at radius 1 is 1.11 bits per heavy atom. The summed E-state index contributed by atoms with van der Waals surface area (Å²) in [5.74, 6) is -1.16. The minimum atomic E-state index is -3.58. The quantitative estimate of drug-likeness (QED) is 0.754. The highest BCUT2D eigenvalue weighted by Crippen LogP contribution is 2.30. The lowest BCUT2D eigenvalue weighted by Gasteiger charge is -2.35. The second-order valence-electron chi connectivity index (χ2n) is 6.62. The molecule has 2 aromatic rings. The molecule has 1 heterocycles. The van der Waals surface area contributed by atoms with E-state index in [1.165, 1.54) is 18.2 Å². The van der Waals surface area contributed by atoms with Crippen LogP contribution in [0.1, 0.15) is 29.3 Å². The van der Waals surface area contributed by atoms with Crippen LogP contribution < -0.4 is 4.90 Å². The number of hydrogen-bond acceptors (Lipinski definition) is 5. The van der Waals surface area contributed by atoms with Gasteiger partial charge in [0.1, 0.15) is 0 Å². The molecule has 3 rings (SSSR count). The van der Waals surface area contributed by atoms with Crippen molar-refractivity contribution in [1.82, 2.24) is 0 Å². The Hall–Kier alpha value is -2.67. The zero-order valence-electron chi connectivity index (χ0n) is 15.2. The van der Waals surface area contributed by atoms with E-state index in [0.29, 0.717) is 0 Å². The number of aryl methyl sites for hydroxylation is 1. The number of esters is 1. The van der Waals surface area contributed by atoms with Gasteiger partial charge in [-0.1, -0.05) is 30.3 Å². The van der Waals surface area contributed by atoms with Gasteiger partial charge in [0.15, 0.2) is 16.4 Å². The van der Waals surface area contributed by atoms with Crippen LogP contribution in [0.4, 0.5) is 5.69 Å². The van der Waals surface area contributed by atoms with Crippen LogP contribution in [0.25, 0.3) is 0 Å². The number of anilines is 1. The number of rotatable bonds is 4. The first kappa shape index (κ1) is 19.1. The Labute approximate surface area is 158 Å². The number of fused-ring (bicyclic) bond motifs is 1. The van der Waals surface area contributed by atoms with Crippen molar-refractivity contribution >= 4 is 27.4 Å². The largest absolute Gasteiger partial charge is 0.452 e. The summed E-state index contributed by atoms with van der Waals surface area (Å²) in [6.07, 6.45) is 2.74. The minimum Gasteiger partial charge on any atom is -0.452 e. The Balaban J connectivity index is 1.76. The van der Waals surface area contributed by atoms with E-state index in [2.05, 4.69) is 0 Å². The van der Waals surface area contributed by atoms with Gasteiger partial charge in [0, 0.05) is 18.0 Å². The van der Waals surface area contributed by atoms with Crippen molar-refractivity contribution in [3.63, 3.8) is 0 Å². The molecule has 1 aliphatic rings. The molecule has 0 radical (unpaired) electrons. The summed E-state index contributed by atoms with van der Waals surface area (Å²) in [6, 6.07) is 13.5. The maximum absolute atomic E-state index is 12.7. The number of hydrogen-bond donors (Lipinski definition) is 0. The molecule has 7 heteroatoms. The van der Waals surface area contributed by atoms with E-state index in [4.69, 9.17) is 4.74 Å². The normalized spacial score (nSPS) is 16.5. The molecular weight excluding hydrogens is 366 g/mol. The van der Waals surface area contributed by atoms with E-state index >= 15 is 0 Å². The fraction of sp³-hybridized carbons (Fsp3) is 0.300. The number of sulfone groups is 1. The van der Waals surface area contributed by atoms with Crippen LogP contribution in [0.5, 0.6) is 0 Å². The highest BCUT2D eigenvalue weighted by atomic mass is 32.2. The van der Waals surface area contributed by atoms with E-state index in [1.807, 2.05) is 31.2 Å². The third kappa shape index (κ3) is 4.03. The number of ether oxygens (including phenoxy) is 1. The van der Waals surface area contributed by atoms with Crippen molar-refractivity contribution in [1.29, 1.82) is 0 Å². The van der Waals surface area contributed by atoms with Gasteiger partial charge in [0.2, 0.25) is 0 Å². The summed E-state index contributed by atoms with van der Waals surface area (Å²) in [5.41, 5.74) is 1.84. The Bertz CT molecular complexity index is 983. The molecule has 0 saturated carbocycles. The van der Waals surface area contributed by atoms with Crippen molar-refractivity contribution in [2.24, 2.45) is 0 Å². The molecule has 1 amide bonds. The lowest BCUT2D eigenvalue weighted by Crippen LogP contribution is -2.44. The summed E-state index contributed by atoms with van der Waals surface area (Å²) in [4.78, 5) is 26.6. The van der Waals surface area contributed by atoms with Crippen molar-refractivity contribution in [3.05, 3.63) is 59.7 Å². The zero-order valence-corrected chi connectivity index (χ0v) is 16.0. The number of benzene rings is 2. The Kier molecular flexibility index (Phi) is 5.32. The van der Waals surface area contributed by atoms with Gasteiger partial charge in [0.05, 0.1) is 10.5 Å². The van der Waals surface area contributed by atoms with E-state index in [-0.39, 0.29) is 22.4 Å². The topological polar surface area (TPSA) is 80.8 Å². The number of carbonyl (C=O) groups excluding carboxylic acids is 2. The smallest absolute Gasteiger partial charge is 0.339 e. The van der Waals surface area contributed by atoms with Crippen LogP contribution in [-0.2, 0) is 25.8 Å². The molecule has 0 spiro atoms. The second-order valence-corrected chi connectivity index (χ2v) is 8.61. The minimum absolute atomic E-state index is 0.00518. The van der Waals surface area contributed by atoms with Gasteiger partial charge in [-0.3, -0.25) is 4.79 Å². The predicted octanol–water partition coefficient (Wildman–Crippen LogP) is 2.61. The van der Waals surface area contributed by atoms with E-state index in [9.17, 15) is 18.0 Å². The van der Waals surface area contributed by atoms with Gasteiger partial charge < -0.3 is 9.64 Å². The SMILES string of the molecule is CC1CCc2ccccc2N1C(=O)COC(=O)c1ccccc1S(C)(=O)=O. The first-order chi connectivity index (χ1) is 12.8. The maximum Gasteiger partial charge on any atom is 0.339 e. The first-order valence-electron chi connectivity index (χ1n) is 8.65. The first-order valence-corrected chi connectivity index (χ1v) is 10.5. The third-order valence-electron chi connectivity index (χ3n) is 4.63. The Morgan fingerprint density at radius 3 is 2.52 bits per heavy atom. The molecule has 0 aromatic heterocycles. The van der Waals surface area contributed by atoms with Crippen LogP contribution in [0.3, 0.4) is 0 Å². The predicted molar refractivity (Wildman–Crippen MR) is 102 cm³/mol. The molecule has 0 bridgehead atoms. The molecule has 0 fully saturated rings. The molecule has 0 saturated heterocycles. The molecule has 1 unspecified atom stereocenters. The second kappa shape index (κ2) is 7.52. The van der Waals surface area contributed by atoms with Crippen molar-refractivity contribution < 1.29 is 22.7 Å². The highest BCUT2D eigenvalue weighted by Gasteiger charge is 2.29. The van der Waals surface area contributed by atoms with E-state index in [0.717, 1.165) is 30.3 Å². The standard InChI is InChI=1S/C20H21NO5S/c1-14-11-12-15-7-3-5-9-17(15)21(14)19(22)13-26-20(23)16-8-4-6-10-18(16)27(2,24)25/h3-10,14H,11-13H2,1-2H3. The number of amides is 1. The van der Waals surface area contributed by atoms with Gasteiger partial charge in [-0.25, -0.2) is 13.2 Å². The van der Waals surface area contributed by atoms with Gasteiger partial charge in [-0.2, -0.15) is 0 Å². The van der Waals surface area contributed by atoms with Crippen molar-refractivity contribution in [3.8, 4) is 0 Å². The summed E-state index contributed by atoms with van der Waals surface area (Å²) in [6.45, 7) is 1.50. The van der Waals surface area contributed by atoms with Crippen molar-refractivity contribution in [2.45, 2.75) is 30.7 Å². The fourth-order valence-corrected chi connectivity index (χ4v) is 4.18. The molecule has 1 atom stereocenters. The molecule has 0 N–H and O–H groups in total. The average molecular weight is 387 g/mol. The van der Waals surface area contributed by atoms with Gasteiger partial charge in [-0.15, -0.1) is 0 Å². The van der Waals surface area contributed by atoms with Crippen LogP contribution >= 0.6 is 0 Å². The third-order valence-corrected chi connectivity index (χ3v) is 5.78. The van der Waals surface area contributed by atoms with Gasteiger partial charge in [0.25, 0.3) is 5.91 Å². The number of carbonyl (C=O) groups is 2. The fourth-order valence-electron chi connectivity index (χ4n) is 3.30. The lowest BCUT2D eigenvalue weighted by molar-refractivity contribution is -0.122. The summed E-state index contributed by atoms with van der Waals surface area (Å²) in [7, 11) is -3.58. The monoisotopic (exact) mass is 387 g/mol. The molecule has 27 heavy (non-hydrogen) atoms. The van der Waals surface area contributed by atoms with Crippen LogP contribution in [0, 0.1) is 0 Å². The molecule has 142 valence electrons. The highest BCUT2D eigenvalue weighted by molar-refractivity contribution is 7.90. The molecule has 2 aromatic carbocycles. The van der Waals surface area contributed by atoms with Crippen LogP contribution in [0.2, 0.25) is 0 Å². The number of para-hydroxylation sites is 1. The average Bonchev–Trinajstić information content (AvgIpc) is 2.65. The zero-order chi connectivity index (χ0) is 19.6. The molecule has 1 aliphatic heterocycles. The lowest BCUT2D eigenvalue weighted by atomic mass is 9.96. The Morgan fingerprint density at radius 2 is 1.78 bits per heavy atom. The summed E-state index contributed by atoms with van der Waals surface area (Å²) in [5, 5.41) is 0. The van der Waals surface area contributed by atoms with E-state index < -0.39 is 22.4 Å². The summed E-state index contributed by atoms with van der Waals surface area (Å²) >= 11 is 0. The summed E-state index contributed by atoms with van der Waals surface area (Å²) < 4.78 is 28.8. The number of nitrogens with zero attached hydrogens (tertiary/aromatic N) is 1.